The maximum atomic E-state index is 10.7. The maximum Gasteiger partial charge on any atom is 0.307 e. The minimum absolute atomic E-state index is 0.254. The molecule has 0 radical (unpaired) electrons. The Morgan fingerprint density at radius 3 is 2.54 bits per heavy atom. The molecule has 4 nitrogen and oxygen atoms in total. The summed E-state index contributed by atoms with van der Waals surface area (Å²) in [6.45, 7) is 4.77. The van der Waals surface area contributed by atoms with E-state index in [4.69, 9.17) is 10.5 Å². The molecule has 0 aromatic rings. The lowest BCUT2D eigenvalue weighted by molar-refractivity contribution is -0.143. The Labute approximate surface area is 79.4 Å². The molecular weight excluding hydrogens is 170 g/mol. The van der Waals surface area contributed by atoms with E-state index in [-0.39, 0.29) is 18.0 Å². The van der Waals surface area contributed by atoms with E-state index in [2.05, 4.69) is 4.74 Å². The highest BCUT2D eigenvalue weighted by molar-refractivity contribution is 5.69. The number of hydrogen-bond donors (Lipinski definition) is 1. The predicted octanol–water partition coefficient (Wildman–Crippen LogP) is 0.693. The largest absolute Gasteiger partial charge is 0.469 e. The summed E-state index contributed by atoms with van der Waals surface area (Å²) in [4.78, 5) is 10.7. The Balaban J connectivity index is 3.67. The van der Waals surface area contributed by atoms with Gasteiger partial charge in [-0.1, -0.05) is 6.92 Å². The first-order valence-electron chi connectivity index (χ1n) is 4.49. The van der Waals surface area contributed by atoms with Gasteiger partial charge in [-0.05, 0) is 13.3 Å². The zero-order valence-electron chi connectivity index (χ0n) is 8.63. The van der Waals surface area contributed by atoms with Crippen molar-refractivity contribution in [3.63, 3.8) is 0 Å². The van der Waals surface area contributed by atoms with Gasteiger partial charge < -0.3 is 15.2 Å². The predicted molar refractivity (Wildman–Crippen MR) is 50.3 cm³/mol. The molecule has 0 aliphatic carbocycles. The Morgan fingerprint density at radius 2 is 2.15 bits per heavy atom. The summed E-state index contributed by atoms with van der Waals surface area (Å²) < 4.78 is 9.96. The van der Waals surface area contributed by atoms with Crippen molar-refractivity contribution in [3.05, 3.63) is 0 Å². The molecule has 0 spiro atoms. The van der Waals surface area contributed by atoms with Crippen LogP contribution >= 0.6 is 0 Å². The van der Waals surface area contributed by atoms with Crippen LogP contribution in [0.4, 0.5) is 0 Å². The van der Waals surface area contributed by atoms with Crippen LogP contribution in [0.25, 0.3) is 0 Å². The third kappa shape index (κ3) is 4.85. The van der Waals surface area contributed by atoms with Gasteiger partial charge >= 0.3 is 5.97 Å². The van der Waals surface area contributed by atoms with Crippen molar-refractivity contribution in [1.29, 1.82) is 0 Å². The van der Waals surface area contributed by atoms with Crippen molar-refractivity contribution in [2.75, 3.05) is 20.3 Å². The second-order valence-corrected chi connectivity index (χ2v) is 3.18. The van der Waals surface area contributed by atoms with Crippen LogP contribution in [0.5, 0.6) is 0 Å². The number of esters is 1. The molecule has 0 aromatic heterocycles. The van der Waals surface area contributed by atoms with E-state index >= 15 is 0 Å². The molecular formula is C9H19NO3. The number of rotatable bonds is 6. The van der Waals surface area contributed by atoms with Crippen LogP contribution in [-0.2, 0) is 14.3 Å². The molecule has 0 saturated heterocycles. The number of hydrogen-bond acceptors (Lipinski definition) is 4. The van der Waals surface area contributed by atoms with Crippen LogP contribution in [0.15, 0.2) is 0 Å². The lowest BCUT2D eigenvalue weighted by Crippen LogP contribution is -2.37. The molecule has 1 atom stereocenters. The second-order valence-electron chi connectivity index (χ2n) is 3.18. The first-order chi connectivity index (χ1) is 6.08. The maximum absolute atomic E-state index is 10.7. The van der Waals surface area contributed by atoms with Gasteiger partial charge in [0, 0.05) is 6.54 Å². The molecule has 0 rings (SSSR count). The fourth-order valence-corrected chi connectivity index (χ4v) is 0.788. The number of carbonyl (C=O) groups is 1. The third-order valence-corrected chi connectivity index (χ3v) is 2.16. The summed E-state index contributed by atoms with van der Waals surface area (Å²) in [7, 11) is 1.37. The zero-order valence-corrected chi connectivity index (χ0v) is 8.63. The SMILES string of the molecule is CCC(C)(CN)OCCC(=O)OC. The van der Waals surface area contributed by atoms with Gasteiger partial charge in [0.15, 0.2) is 0 Å². The highest BCUT2D eigenvalue weighted by atomic mass is 16.5. The van der Waals surface area contributed by atoms with Gasteiger partial charge in [0.25, 0.3) is 0 Å². The molecule has 78 valence electrons. The molecule has 0 aromatic carbocycles. The summed E-state index contributed by atoms with van der Waals surface area (Å²) >= 11 is 0. The van der Waals surface area contributed by atoms with Crippen LogP contribution < -0.4 is 5.73 Å². The van der Waals surface area contributed by atoms with Crippen molar-refractivity contribution >= 4 is 5.97 Å². The fraction of sp³-hybridized carbons (Fsp3) is 0.889. The molecule has 4 heteroatoms. The van der Waals surface area contributed by atoms with Gasteiger partial charge in [0.1, 0.15) is 0 Å². The minimum Gasteiger partial charge on any atom is -0.469 e. The van der Waals surface area contributed by atoms with Gasteiger partial charge in [-0.25, -0.2) is 0 Å². The average molecular weight is 189 g/mol. The molecule has 1 unspecified atom stereocenters. The highest BCUT2D eigenvalue weighted by Crippen LogP contribution is 2.13. The Bertz CT molecular complexity index is 155. The summed E-state index contributed by atoms with van der Waals surface area (Å²) in [5.74, 6) is -0.254. The topological polar surface area (TPSA) is 61.5 Å². The van der Waals surface area contributed by atoms with Crippen molar-refractivity contribution in [2.45, 2.75) is 32.3 Å². The normalized spacial score (nSPS) is 15.1. The number of nitrogens with two attached hydrogens (primary N) is 1. The van der Waals surface area contributed by atoms with E-state index in [1.807, 2.05) is 13.8 Å². The molecule has 0 saturated carbocycles. The van der Waals surface area contributed by atoms with E-state index in [1.165, 1.54) is 7.11 Å². The van der Waals surface area contributed by atoms with E-state index in [9.17, 15) is 4.79 Å². The van der Waals surface area contributed by atoms with Crippen LogP contribution in [0.2, 0.25) is 0 Å². The van der Waals surface area contributed by atoms with E-state index in [0.29, 0.717) is 13.2 Å². The average Bonchev–Trinajstić information content (AvgIpc) is 2.17. The van der Waals surface area contributed by atoms with E-state index in [0.717, 1.165) is 6.42 Å². The smallest absolute Gasteiger partial charge is 0.307 e. The number of methoxy groups -OCH3 is 1. The van der Waals surface area contributed by atoms with Crippen molar-refractivity contribution in [1.82, 2.24) is 0 Å². The molecule has 0 amide bonds. The standard InChI is InChI=1S/C9H19NO3/c1-4-9(2,7-10)13-6-5-8(11)12-3/h4-7,10H2,1-3H3. The minimum atomic E-state index is -0.311. The van der Waals surface area contributed by atoms with E-state index < -0.39 is 0 Å². The molecule has 0 aliphatic heterocycles. The number of carbonyl (C=O) groups excluding carboxylic acids is 1. The molecule has 13 heavy (non-hydrogen) atoms. The van der Waals surface area contributed by atoms with Crippen molar-refractivity contribution < 1.29 is 14.3 Å². The first kappa shape index (κ1) is 12.4. The van der Waals surface area contributed by atoms with Crippen LogP contribution in [-0.4, -0.2) is 31.8 Å². The fourth-order valence-electron chi connectivity index (χ4n) is 0.788. The molecule has 2 N–H and O–H groups in total. The Morgan fingerprint density at radius 1 is 1.54 bits per heavy atom. The summed E-state index contributed by atoms with van der Waals surface area (Å²) in [5.41, 5.74) is 5.21. The molecule has 0 heterocycles. The van der Waals surface area contributed by atoms with E-state index in [1.54, 1.807) is 0 Å². The Kier molecular flexibility index (Phi) is 5.66. The first-order valence-corrected chi connectivity index (χ1v) is 4.49. The summed E-state index contributed by atoms with van der Waals surface area (Å²) in [6.07, 6.45) is 1.12. The molecule has 0 aliphatic rings. The van der Waals surface area contributed by atoms with Gasteiger partial charge in [-0.15, -0.1) is 0 Å². The van der Waals surface area contributed by atoms with Gasteiger partial charge in [-0.2, -0.15) is 0 Å². The van der Waals surface area contributed by atoms with Crippen molar-refractivity contribution in [3.8, 4) is 0 Å². The molecule has 0 fully saturated rings. The third-order valence-electron chi connectivity index (χ3n) is 2.16. The van der Waals surface area contributed by atoms with Crippen molar-refractivity contribution in [2.24, 2.45) is 5.73 Å². The number of ether oxygens (including phenoxy) is 2. The van der Waals surface area contributed by atoms with Gasteiger partial charge in [0.2, 0.25) is 0 Å². The highest BCUT2D eigenvalue weighted by Gasteiger charge is 2.20. The Hall–Kier alpha value is -0.610. The summed E-state index contributed by atoms with van der Waals surface area (Å²) in [5, 5.41) is 0. The lowest BCUT2D eigenvalue weighted by atomic mass is 10.0. The quantitative estimate of drug-likeness (QED) is 0.624. The zero-order chi connectivity index (χ0) is 10.3. The molecule has 0 bridgehead atoms. The van der Waals surface area contributed by atoms with Crippen LogP contribution in [0, 0.1) is 0 Å². The monoisotopic (exact) mass is 189 g/mol. The summed E-state index contributed by atoms with van der Waals surface area (Å²) in [6, 6.07) is 0. The second kappa shape index (κ2) is 5.94. The lowest BCUT2D eigenvalue weighted by Gasteiger charge is -2.26. The van der Waals surface area contributed by atoms with Crippen LogP contribution in [0.1, 0.15) is 26.7 Å². The van der Waals surface area contributed by atoms with Crippen LogP contribution in [0.3, 0.4) is 0 Å². The van der Waals surface area contributed by atoms with Gasteiger partial charge in [-0.3, -0.25) is 4.79 Å². The van der Waals surface area contributed by atoms with Gasteiger partial charge in [0.05, 0.1) is 25.7 Å².